The summed E-state index contributed by atoms with van der Waals surface area (Å²) >= 11 is 0. The number of nitrogens with zero attached hydrogens (tertiary/aromatic N) is 2. The van der Waals surface area contributed by atoms with Crippen molar-refractivity contribution in [2.24, 2.45) is 0 Å². The molecule has 3 rings (SSSR count). The van der Waals surface area contributed by atoms with Crippen molar-refractivity contribution in [2.75, 3.05) is 18.9 Å². The summed E-state index contributed by atoms with van der Waals surface area (Å²) in [5.41, 5.74) is 8.55. The van der Waals surface area contributed by atoms with Crippen molar-refractivity contribution in [3.63, 3.8) is 0 Å². The fourth-order valence-corrected chi connectivity index (χ4v) is 2.03. The largest absolute Gasteiger partial charge is 0.398 e. The summed E-state index contributed by atoms with van der Waals surface area (Å²) in [6.45, 7) is 3.40. The zero-order valence-electron chi connectivity index (χ0n) is 10.2. The molecule has 2 N–H and O–H groups in total. The number of aromatic nitrogens is 2. The van der Waals surface area contributed by atoms with Crippen LogP contribution in [0, 0.1) is 6.92 Å². The van der Waals surface area contributed by atoms with E-state index in [1.165, 1.54) is 0 Å². The van der Waals surface area contributed by atoms with Gasteiger partial charge in [-0.2, -0.15) is 4.98 Å². The second-order valence-electron chi connectivity index (χ2n) is 4.59. The van der Waals surface area contributed by atoms with Crippen molar-refractivity contribution in [3.05, 3.63) is 29.7 Å². The topological polar surface area (TPSA) is 74.2 Å². The van der Waals surface area contributed by atoms with E-state index in [2.05, 4.69) is 10.1 Å². The maximum Gasteiger partial charge on any atom is 0.232 e. The first-order chi connectivity index (χ1) is 8.74. The summed E-state index contributed by atoms with van der Waals surface area (Å²) in [5, 5.41) is 4.00. The standard InChI is InChI=1S/C13H15N3O2/c1-8-2-3-9(6-11(8)14)12-15-13(18-16-12)10-4-5-17-7-10/h2-3,6,10H,4-5,7,14H2,1H3. The van der Waals surface area contributed by atoms with Gasteiger partial charge in [-0.1, -0.05) is 17.3 Å². The highest BCUT2D eigenvalue weighted by Gasteiger charge is 2.24. The highest BCUT2D eigenvalue weighted by molar-refractivity contribution is 5.63. The lowest BCUT2D eigenvalue weighted by Crippen LogP contribution is -1.97. The third kappa shape index (κ3) is 1.97. The number of hydrogen-bond donors (Lipinski definition) is 1. The Hall–Kier alpha value is -1.88. The maximum absolute atomic E-state index is 5.88. The number of rotatable bonds is 2. The number of nitrogens with two attached hydrogens (primary N) is 1. The minimum Gasteiger partial charge on any atom is -0.398 e. The minimum atomic E-state index is 0.231. The van der Waals surface area contributed by atoms with Crippen molar-refractivity contribution in [2.45, 2.75) is 19.3 Å². The van der Waals surface area contributed by atoms with Crippen LogP contribution < -0.4 is 5.73 Å². The second kappa shape index (κ2) is 4.42. The Morgan fingerprint density at radius 1 is 1.39 bits per heavy atom. The lowest BCUT2D eigenvalue weighted by Gasteiger charge is -2.01. The summed E-state index contributed by atoms with van der Waals surface area (Å²) in [6, 6.07) is 5.78. The molecule has 0 bridgehead atoms. The van der Waals surface area contributed by atoms with Gasteiger partial charge in [0, 0.05) is 17.9 Å². The molecule has 1 fully saturated rings. The van der Waals surface area contributed by atoms with Crippen molar-refractivity contribution < 1.29 is 9.26 Å². The number of nitrogen functional groups attached to an aromatic ring is 1. The summed E-state index contributed by atoms with van der Waals surface area (Å²) in [6.07, 6.45) is 0.942. The maximum atomic E-state index is 5.88. The summed E-state index contributed by atoms with van der Waals surface area (Å²) in [7, 11) is 0. The highest BCUT2D eigenvalue weighted by atomic mass is 16.5. The molecule has 5 nitrogen and oxygen atoms in total. The number of hydrogen-bond acceptors (Lipinski definition) is 5. The summed E-state index contributed by atoms with van der Waals surface area (Å²) in [4.78, 5) is 4.42. The Morgan fingerprint density at radius 2 is 2.28 bits per heavy atom. The molecular weight excluding hydrogens is 230 g/mol. The molecule has 1 aromatic carbocycles. The molecule has 1 atom stereocenters. The molecule has 18 heavy (non-hydrogen) atoms. The fraction of sp³-hybridized carbons (Fsp3) is 0.385. The van der Waals surface area contributed by atoms with Crippen LogP contribution in [0.1, 0.15) is 23.8 Å². The normalized spacial score (nSPS) is 19.3. The molecule has 0 saturated carbocycles. The van der Waals surface area contributed by atoms with Gasteiger partial charge in [-0.3, -0.25) is 0 Å². The van der Waals surface area contributed by atoms with Gasteiger partial charge in [0.2, 0.25) is 11.7 Å². The van der Waals surface area contributed by atoms with E-state index in [4.69, 9.17) is 15.0 Å². The zero-order chi connectivity index (χ0) is 12.5. The highest BCUT2D eigenvalue weighted by Crippen LogP contribution is 2.27. The predicted octanol–water partition coefficient (Wildman–Crippen LogP) is 2.13. The van der Waals surface area contributed by atoms with E-state index in [0.717, 1.165) is 29.8 Å². The molecule has 2 heterocycles. The van der Waals surface area contributed by atoms with Gasteiger partial charge < -0.3 is 15.0 Å². The first kappa shape index (κ1) is 11.2. The van der Waals surface area contributed by atoms with E-state index in [0.29, 0.717) is 18.3 Å². The van der Waals surface area contributed by atoms with E-state index in [9.17, 15) is 0 Å². The predicted molar refractivity (Wildman–Crippen MR) is 67.1 cm³/mol. The van der Waals surface area contributed by atoms with E-state index < -0.39 is 0 Å². The van der Waals surface area contributed by atoms with Crippen LogP contribution in [0.3, 0.4) is 0 Å². The van der Waals surface area contributed by atoms with Crippen molar-refractivity contribution >= 4 is 5.69 Å². The number of anilines is 1. The Morgan fingerprint density at radius 3 is 3.00 bits per heavy atom. The monoisotopic (exact) mass is 245 g/mol. The quantitative estimate of drug-likeness (QED) is 0.820. The smallest absolute Gasteiger partial charge is 0.232 e. The van der Waals surface area contributed by atoms with Gasteiger partial charge in [0.05, 0.1) is 12.5 Å². The minimum absolute atomic E-state index is 0.231. The van der Waals surface area contributed by atoms with Gasteiger partial charge in [0.25, 0.3) is 0 Å². The van der Waals surface area contributed by atoms with Crippen LogP contribution in [0.25, 0.3) is 11.4 Å². The summed E-state index contributed by atoms with van der Waals surface area (Å²) < 4.78 is 10.6. The fourth-order valence-electron chi connectivity index (χ4n) is 2.03. The van der Waals surface area contributed by atoms with Crippen LogP contribution in [0.15, 0.2) is 22.7 Å². The van der Waals surface area contributed by atoms with Crippen LogP contribution in [-0.4, -0.2) is 23.4 Å². The van der Waals surface area contributed by atoms with Crippen molar-refractivity contribution in [3.8, 4) is 11.4 Å². The van der Waals surface area contributed by atoms with E-state index in [1.54, 1.807) is 0 Å². The first-order valence-corrected chi connectivity index (χ1v) is 6.02. The van der Waals surface area contributed by atoms with E-state index in [-0.39, 0.29) is 5.92 Å². The Bertz CT molecular complexity index is 559. The average Bonchev–Trinajstić information content (AvgIpc) is 3.01. The Balaban J connectivity index is 1.89. The van der Waals surface area contributed by atoms with Crippen LogP contribution in [0.5, 0.6) is 0 Å². The molecule has 5 heteroatoms. The van der Waals surface area contributed by atoms with Gasteiger partial charge in [0.1, 0.15) is 0 Å². The van der Waals surface area contributed by atoms with Crippen LogP contribution >= 0.6 is 0 Å². The first-order valence-electron chi connectivity index (χ1n) is 6.02. The van der Waals surface area contributed by atoms with E-state index in [1.807, 2.05) is 25.1 Å². The van der Waals surface area contributed by atoms with Gasteiger partial charge >= 0.3 is 0 Å². The van der Waals surface area contributed by atoms with Crippen LogP contribution in [0.2, 0.25) is 0 Å². The lowest BCUT2D eigenvalue weighted by molar-refractivity contribution is 0.189. The number of aryl methyl sites for hydroxylation is 1. The van der Waals surface area contributed by atoms with Gasteiger partial charge in [-0.05, 0) is 25.0 Å². The summed E-state index contributed by atoms with van der Waals surface area (Å²) in [5.74, 6) is 1.47. The molecule has 0 aliphatic carbocycles. The average molecular weight is 245 g/mol. The van der Waals surface area contributed by atoms with Crippen LogP contribution in [-0.2, 0) is 4.74 Å². The zero-order valence-corrected chi connectivity index (χ0v) is 10.2. The Labute approximate surface area is 105 Å². The molecular formula is C13H15N3O2. The molecule has 2 aromatic rings. The lowest BCUT2D eigenvalue weighted by atomic mass is 10.1. The third-order valence-electron chi connectivity index (χ3n) is 3.26. The van der Waals surface area contributed by atoms with Gasteiger partial charge in [0.15, 0.2) is 0 Å². The van der Waals surface area contributed by atoms with Crippen molar-refractivity contribution in [1.29, 1.82) is 0 Å². The molecule has 0 spiro atoms. The van der Waals surface area contributed by atoms with Crippen molar-refractivity contribution in [1.82, 2.24) is 10.1 Å². The molecule has 94 valence electrons. The van der Waals surface area contributed by atoms with Crippen LogP contribution in [0.4, 0.5) is 5.69 Å². The van der Waals surface area contributed by atoms with Gasteiger partial charge in [-0.25, -0.2) is 0 Å². The molecule has 1 saturated heterocycles. The molecule has 1 aliphatic rings. The second-order valence-corrected chi connectivity index (χ2v) is 4.59. The SMILES string of the molecule is Cc1ccc(-c2noc(C3CCOC3)n2)cc1N. The molecule has 0 radical (unpaired) electrons. The molecule has 1 aliphatic heterocycles. The Kier molecular flexibility index (Phi) is 2.76. The molecule has 1 unspecified atom stereocenters. The van der Waals surface area contributed by atoms with E-state index >= 15 is 0 Å². The van der Waals surface area contributed by atoms with Gasteiger partial charge in [-0.15, -0.1) is 0 Å². The molecule has 1 aromatic heterocycles. The number of benzene rings is 1. The molecule has 0 amide bonds. The number of ether oxygens (including phenoxy) is 1. The third-order valence-corrected chi connectivity index (χ3v) is 3.26.